The Morgan fingerprint density at radius 1 is 0.714 bits per heavy atom. The lowest BCUT2D eigenvalue weighted by molar-refractivity contribution is 0.269. The lowest BCUT2D eigenvalue weighted by atomic mass is 9.84. The maximum Gasteiger partial charge on any atom is 0.00697 e. The van der Waals surface area contributed by atoms with Gasteiger partial charge in [-0.3, -0.25) is 0 Å². The van der Waals surface area contributed by atoms with E-state index in [0.717, 1.165) is 23.9 Å². The largest absolute Gasteiger partial charge is 0.314 e. The molecule has 0 saturated heterocycles. The first-order valence-electron chi connectivity index (χ1n) is 9.78. The fourth-order valence-electron chi connectivity index (χ4n) is 4.40. The summed E-state index contributed by atoms with van der Waals surface area (Å²) in [5.74, 6) is 1.98. The van der Waals surface area contributed by atoms with Gasteiger partial charge in [-0.05, 0) is 57.0 Å². The van der Waals surface area contributed by atoms with E-state index in [1.165, 1.54) is 83.7 Å². The van der Waals surface area contributed by atoms with Crippen molar-refractivity contribution in [2.45, 2.75) is 96.6 Å². The van der Waals surface area contributed by atoms with Gasteiger partial charge in [0.25, 0.3) is 0 Å². The molecule has 124 valence electrons. The second-order valence-corrected chi connectivity index (χ2v) is 7.54. The highest BCUT2D eigenvalue weighted by Gasteiger charge is 2.21. The van der Waals surface area contributed by atoms with E-state index in [4.69, 9.17) is 0 Å². The van der Waals surface area contributed by atoms with Crippen LogP contribution in [0.25, 0.3) is 0 Å². The third kappa shape index (κ3) is 6.28. The van der Waals surface area contributed by atoms with Gasteiger partial charge in [0.05, 0.1) is 0 Å². The molecule has 0 aromatic heterocycles. The van der Waals surface area contributed by atoms with Crippen LogP contribution in [0.2, 0.25) is 0 Å². The minimum atomic E-state index is 0.808. The molecule has 0 spiro atoms. The summed E-state index contributed by atoms with van der Waals surface area (Å²) in [4.78, 5) is 0. The van der Waals surface area contributed by atoms with Crippen molar-refractivity contribution < 1.29 is 0 Å². The van der Waals surface area contributed by atoms with Gasteiger partial charge in [0.1, 0.15) is 0 Å². The molecule has 21 heavy (non-hydrogen) atoms. The van der Waals surface area contributed by atoms with Gasteiger partial charge >= 0.3 is 0 Å². The highest BCUT2D eigenvalue weighted by atomic mass is 14.9. The van der Waals surface area contributed by atoms with Crippen LogP contribution in [0, 0.1) is 11.8 Å². The SMILES string of the molecule is CCC1CCCC(NCCCNC2CCCC(CC)C2)C1. The van der Waals surface area contributed by atoms with Crippen LogP contribution in [-0.2, 0) is 0 Å². The second-order valence-electron chi connectivity index (χ2n) is 7.54. The van der Waals surface area contributed by atoms with Crippen molar-refractivity contribution in [2.75, 3.05) is 13.1 Å². The van der Waals surface area contributed by atoms with E-state index in [9.17, 15) is 0 Å². The van der Waals surface area contributed by atoms with Crippen LogP contribution in [0.1, 0.15) is 84.5 Å². The van der Waals surface area contributed by atoms with Gasteiger partial charge in [-0.2, -0.15) is 0 Å². The minimum absolute atomic E-state index is 0.808. The average molecular weight is 295 g/mol. The van der Waals surface area contributed by atoms with E-state index in [1.807, 2.05) is 0 Å². The van der Waals surface area contributed by atoms with Crippen LogP contribution in [0.5, 0.6) is 0 Å². The van der Waals surface area contributed by atoms with Gasteiger partial charge in [0, 0.05) is 12.1 Å². The number of hydrogen-bond donors (Lipinski definition) is 2. The summed E-state index contributed by atoms with van der Waals surface area (Å²) in [6.45, 7) is 7.12. The zero-order chi connectivity index (χ0) is 14.9. The molecular formula is C19H38N2. The molecule has 2 rings (SSSR count). The fourth-order valence-corrected chi connectivity index (χ4v) is 4.40. The number of nitrogens with one attached hydrogen (secondary N) is 2. The first-order valence-corrected chi connectivity index (χ1v) is 9.78. The molecule has 0 radical (unpaired) electrons. The van der Waals surface area contributed by atoms with Gasteiger partial charge in [-0.1, -0.05) is 52.4 Å². The Morgan fingerprint density at radius 3 is 1.62 bits per heavy atom. The van der Waals surface area contributed by atoms with Gasteiger partial charge < -0.3 is 10.6 Å². The summed E-state index contributed by atoms with van der Waals surface area (Å²) in [6.07, 6.45) is 15.5. The van der Waals surface area contributed by atoms with Crippen molar-refractivity contribution in [3.8, 4) is 0 Å². The first kappa shape index (κ1) is 17.3. The molecule has 4 atom stereocenters. The Hall–Kier alpha value is -0.0800. The Bertz CT molecular complexity index is 240. The van der Waals surface area contributed by atoms with Crippen LogP contribution in [0.3, 0.4) is 0 Å². The van der Waals surface area contributed by atoms with E-state index in [2.05, 4.69) is 24.5 Å². The van der Waals surface area contributed by atoms with E-state index < -0.39 is 0 Å². The van der Waals surface area contributed by atoms with Crippen molar-refractivity contribution in [3.05, 3.63) is 0 Å². The van der Waals surface area contributed by atoms with E-state index in [0.29, 0.717) is 0 Å². The zero-order valence-corrected chi connectivity index (χ0v) is 14.5. The van der Waals surface area contributed by atoms with Gasteiger partial charge in [0.2, 0.25) is 0 Å². The summed E-state index contributed by atoms with van der Waals surface area (Å²) in [5, 5.41) is 7.61. The molecule has 2 N–H and O–H groups in total. The van der Waals surface area contributed by atoms with Crippen molar-refractivity contribution in [3.63, 3.8) is 0 Å². The average Bonchev–Trinajstić information content (AvgIpc) is 2.55. The van der Waals surface area contributed by atoms with Gasteiger partial charge in [0.15, 0.2) is 0 Å². The Labute approximate surface area is 132 Å². The van der Waals surface area contributed by atoms with Crippen LogP contribution in [-0.4, -0.2) is 25.2 Å². The summed E-state index contributed by atoms with van der Waals surface area (Å²) in [5.41, 5.74) is 0. The Balaban J connectivity index is 1.50. The highest BCUT2D eigenvalue weighted by molar-refractivity contribution is 4.79. The lowest BCUT2D eigenvalue weighted by Gasteiger charge is -2.30. The molecule has 2 aliphatic carbocycles. The summed E-state index contributed by atoms with van der Waals surface area (Å²) < 4.78 is 0. The molecule has 0 aromatic rings. The molecule has 0 aromatic carbocycles. The molecule has 0 aliphatic heterocycles. The van der Waals surface area contributed by atoms with Gasteiger partial charge in [-0.15, -0.1) is 0 Å². The predicted octanol–water partition coefficient (Wildman–Crippen LogP) is 4.49. The molecule has 2 fully saturated rings. The van der Waals surface area contributed by atoms with Crippen LogP contribution >= 0.6 is 0 Å². The first-order chi connectivity index (χ1) is 10.3. The van der Waals surface area contributed by atoms with E-state index in [1.54, 1.807) is 0 Å². The normalized spacial score (nSPS) is 34.0. The van der Waals surface area contributed by atoms with E-state index in [-0.39, 0.29) is 0 Å². The maximum atomic E-state index is 3.80. The lowest BCUT2D eigenvalue weighted by Crippen LogP contribution is -2.38. The summed E-state index contributed by atoms with van der Waals surface area (Å²) in [7, 11) is 0. The van der Waals surface area contributed by atoms with Crippen molar-refractivity contribution in [1.29, 1.82) is 0 Å². The van der Waals surface area contributed by atoms with Crippen molar-refractivity contribution in [2.24, 2.45) is 11.8 Å². The third-order valence-electron chi connectivity index (χ3n) is 5.94. The van der Waals surface area contributed by atoms with Crippen molar-refractivity contribution in [1.82, 2.24) is 10.6 Å². The molecular weight excluding hydrogens is 256 g/mol. The molecule has 0 heterocycles. The maximum absolute atomic E-state index is 3.80. The van der Waals surface area contributed by atoms with Crippen molar-refractivity contribution >= 4 is 0 Å². The van der Waals surface area contributed by atoms with E-state index >= 15 is 0 Å². The smallest absolute Gasteiger partial charge is 0.00697 e. The molecule has 2 nitrogen and oxygen atoms in total. The standard InChI is InChI=1S/C19H38N2/c1-3-16-8-5-10-18(14-16)20-12-7-13-21-19-11-6-9-17(4-2)15-19/h16-21H,3-15H2,1-2H3. The minimum Gasteiger partial charge on any atom is -0.314 e. The van der Waals surface area contributed by atoms with Crippen LogP contribution in [0.15, 0.2) is 0 Å². The summed E-state index contributed by atoms with van der Waals surface area (Å²) in [6, 6.07) is 1.62. The molecule has 0 amide bonds. The molecule has 2 saturated carbocycles. The third-order valence-corrected chi connectivity index (χ3v) is 5.94. The highest BCUT2D eigenvalue weighted by Crippen LogP contribution is 2.27. The van der Waals surface area contributed by atoms with Gasteiger partial charge in [-0.25, -0.2) is 0 Å². The zero-order valence-electron chi connectivity index (χ0n) is 14.5. The molecule has 4 unspecified atom stereocenters. The monoisotopic (exact) mass is 294 g/mol. The summed E-state index contributed by atoms with van der Waals surface area (Å²) >= 11 is 0. The molecule has 2 aliphatic rings. The Kier molecular flexibility index (Phi) is 8.10. The number of rotatable bonds is 8. The second kappa shape index (κ2) is 9.84. The molecule has 0 bridgehead atoms. The predicted molar refractivity (Wildman–Crippen MR) is 92.7 cm³/mol. The molecule has 2 heteroatoms. The fraction of sp³-hybridized carbons (Fsp3) is 1.00. The Morgan fingerprint density at radius 2 is 1.19 bits per heavy atom. The van der Waals surface area contributed by atoms with Crippen LogP contribution < -0.4 is 10.6 Å². The quantitative estimate of drug-likeness (QED) is 0.644. The van der Waals surface area contributed by atoms with Crippen LogP contribution in [0.4, 0.5) is 0 Å². The topological polar surface area (TPSA) is 24.1 Å². The number of hydrogen-bond acceptors (Lipinski definition) is 2.